The lowest BCUT2D eigenvalue weighted by molar-refractivity contribution is -0.224. The van der Waals surface area contributed by atoms with Gasteiger partial charge in [-0.3, -0.25) is 14.9 Å². The Bertz CT molecular complexity index is 522. The zero-order valence-electron chi connectivity index (χ0n) is 12.5. The van der Waals surface area contributed by atoms with Crippen LogP contribution in [0.3, 0.4) is 0 Å². The quantitative estimate of drug-likeness (QED) is 0.302. The van der Waals surface area contributed by atoms with Gasteiger partial charge in [-0.15, -0.1) is 0 Å². The minimum atomic E-state index is -2.19. The van der Waals surface area contributed by atoms with Crippen LogP contribution < -0.4 is 16.0 Å². The van der Waals surface area contributed by atoms with E-state index in [1.807, 2.05) is 0 Å². The summed E-state index contributed by atoms with van der Waals surface area (Å²) in [6, 6.07) is 0. The van der Waals surface area contributed by atoms with Gasteiger partial charge in [-0.2, -0.15) is 0 Å². The first-order valence-corrected chi connectivity index (χ1v) is 6.84. The molecule has 6 N–H and O–H groups in total. The molecule has 3 fully saturated rings. The van der Waals surface area contributed by atoms with Crippen molar-refractivity contribution in [3.05, 3.63) is 12.2 Å². The van der Waals surface area contributed by atoms with Gasteiger partial charge in [0.25, 0.3) is 17.5 Å². The topological polar surface area (TPSA) is 140 Å². The summed E-state index contributed by atoms with van der Waals surface area (Å²) >= 11 is 0. The molecular formula is C13H21N3O6. The summed E-state index contributed by atoms with van der Waals surface area (Å²) in [5, 5.41) is 37.1. The van der Waals surface area contributed by atoms with Crippen LogP contribution in [0.1, 0.15) is 13.3 Å². The molecule has 0 aromatic heterocycles. The standard InChI is InChI=1S/C13H21N3O6/c1-7-4-5-22-13(8(18)11(2,21)6-17)10(20)15-12(7,14-3)9(19)16-13/h8,14,17-18,21H,1,4-6H2,2-3H3,(H,15,20)(H,16,19)/t8-,11-,12-,13?/m0/s1. The number of hydrogen-bond donors (Lipinski definition) is 6. The van der Waals surface area contributed by atoms with Crippen LogP contribution in [0.25, 0.3) is 0 Å². The molecule has 2 amide bonds. The molecule has 9 nitrogen and oxygen atoms in total. The highest BCUT2D eigenvalue weighted by molar-refractivity contribution is 6.03. The maximum absolute atomic E-state index is 12.5. The van der Waals surface area contributed by atoms with Crippen LogP contribution in [-0.4, -0.2) is 70.5 Å². The number of carbonyl (C=O) groups is 2. The molecule has 3 saturated heterocycles. The Morgan fingerprint density at radius 2 is 2.09 bits per heavy atom. The highest BCUT2D eigenvalue weighted by atomic mass is 16.5. The van der Waals surface area contributed by atoms with Gasteiger partial charge in [0.15, 0.2) is 5.66 Å². The Balaban J connectivity index is 2.49. The second-order valence-electron chi connectivity index (χ2n) is 5.76. The number of aliphatic hydroxyl groups is 3. The molecule has 2 bridgehead atoms. The Morgan fingerprint density at radius 3 is 2.64 bits per heavy atom. The third kappa shape index (κ3) is 2.13. The van der Waals surface area contributed by atoms with Crippen molar-refractivity contribution in [1.82, 2.24) is 16.0 Å². The van der Waals surface area contributed by atoms with Crippen molar-refractivity contribution in [1.29, 1.82) is 0 Å². The van der Waals surface area contributed by atoms with E-state index in [-0.39, 0.29) is 13.0 Å². The van der Waals surface area contributed by atoms with E-state index in [0.717, 1.165) is 6.92 Å². The van der Waals surface area contributed by atoms with Crippen molar-refractivity contribution in [3.63, 3.8) is 0 Å². The highest BCUT2D eigenvalue weighted by Crippen LogP contribution is 2.32. The molecule has 0 aliphatic carbocycles. The first-order valence-electron chi connectivity index (χ1n) is 6.84. The Kier molecular flexibility index (Phi) is 4.05. The van der Waals surface area contributed by atoms with Crippen molar-refractivity contribution in [3.8, 4) is 0 Å². The van der Waals surface area contributed by atoms with E-state index in [1.165, 1.54) is 7.05 Å². The van der Waals surface area contributed by atoms with Crippen LogP contribution in [0.15, 0.2) is 12.2 Å². The number of aliphatic hydroxyl groups excluding tert-OH is 2. The van der Waals surface area contributed by atoms with Crippen molar-refractivity contribution in [2.45, 2.75) is 36.4 Å². The van der Waals surface area contributed by atoms with Crippen molar-refractivity contribution < 1.29 is 29.6 Å². The molecule has 0 radical (unpaired) electrons. The van der Waals surface area contributed by atoms with E-state index < -0.39 is 41.5 Å². The maximum Gasteiger partial charge on any atom is 0.278 e. The van der Waals surface area contributed by atoms with E-state index in [9.17, 15) is 24.9 Å². The zero-order valence-corrected chi connectivity index (χ0v) is 12.5. The number of piperazine rings is 1. The van der Waals surface area contributed by atoms with Gasteiger partial charge in [-0.1, -0.05) is 6.58 Å². The predicted molar refractivity (Wildman–Crippen MR) is 74.2 cm³/mol. The third-order valence-electron chi connectivity index (χ3n) is 4.21. The van der Waals surface area contributed by atoms with E-state index in [4.69, 9.17) is 4.74 Å². The Labute approximate surface area is 127 Å². The van der Waals surface area contributed by atoms with Gasteiger partial charge < -0.3 is 30.7 Å². The molecule has 3 rings (SSSR count). The molecule has 0 aromatic carbocycles. The van der Waals surface area contributed by atoms with E-state index >= 15 is 0 Å². The van der Waals surface area contributed by atoms with Gasteiger partial charge >= 0.3 is 0 Å². The number of rotatable bonds is 4. The van der Waals surface area contributed by atoms with Gasteiger partial charge in [-0.05, 0) is 26.0 Å². The van der Waals surface area contributed by atoms with Gasteiger partial charge in [0.1, 0.15) is 11.7 Å². The molecule has 22 heavy (non-hydrogen) atoms. The lowest BCUT2D eigenvalue weighted by Gasteiger charge is -2.51. The summed E-state index contributed by atoms with van der Waals surface area (Å²) in [6.45, 7) is 4.08. The molecule has 124 valence electrons. The van der Waals surface area contributed by atoms with Crippen LogP contribution in [0, 0.1) is 0 Å². The van der Waals surface area contributed by atoms with Crippen LogP contribution in [0.5, 0.6) is 0 Å². The summed E-state index contributed by atoms with van der Waals surface area (Å²) in [5.74, 6) is -1.52. The Hall–Kier alpha value is -1.52. The molecule has 9 heteroatoms. The molecule has 3 heterocycles. The van der Waals surface area contributed by atoms with Gasteiger partial charge in [0.2, 0.25) is 0 Å². The SMILES string of the molecule is C=C1CCOC2([C@@H](O)[C@@](C)(O)CO)NC(=O)[C@@]1(NC)NC2=O. The number of likely N-dealkylation sites (N-methyl/N-ethyl adjacent to an activating group) is 1. The first kappa shape index (κ1) is 16.8. The number of hydrogen-bond acceptors (Lipinski definition) is 7. The molecule has 0 saturated carbocycles. The van der Waals surface area contributed by atoms with Crippen LogP contribution in [0.2, 0.25) is 0 Å². The van der Waals surface area contributed by atoms with Crippen LogP contribution in [0.4, 0.5) is 0 Å². The molecule has 0 aromatic rings. The summed E-state index contributed by atoms with van der Waals surface area (Å²) in [4.78, 5) is 25.0. The molecular weight excluding hydrogens is 294 g/mol. The second-order valence-corrected chi connectivity index (χ2v) is 5.76. The lowest BCUT2D eigenvalue weighted by Crippen LogP contribution is -2.85. The largest absolute Gasteiger partial charge is 0.393 e. The second kappa shape index (κ2) is 5.28. The van der Waals surface area contributed by atoms with Crippen molar-refractivity contribution >= 4 is 11.8 Å². The number of nitrogens with one attached hydrogen (secondary N) is 3. The van der Waals surface area contributed by atoms with Gasteiger partial charge in [0, 0.05) is 0 Å². The average Bonchev–Trinajstić information content (AvgIpc) is 2.47. The fourth-order valence-electron chi connectivity index (χ4n) is 2.66. The van der Waals surface area contributed by atoms with Crippen LogP contribution >= 0.6 is 0 Å². The van der Waals surface area contributed by atoms with E-state index in [2.05, 4.69) is 22.5 Å². The normalized spacial score (nSPS) is 36.0. The molecule has 0 spiro atoms. The van der Waals surface area contributed by atoms with Gasteiger partial charge in [0.05, 0.1) is 13.2 Å². The van der Waals surface area contributed by atoms with Crippen molar-refractivity contribution in [2.24, 2.45) is 0 Å². The monoisotopic (exact) mass is 315 g/mol. The third-order valence-corrected chi connectivity index (χ3v) is 4.21. The molecule has 3 aliphatic heterocycles. The lowest BCUT2D eigenvalue weighted by atomic mass is 9.84. The fourth-order valence-corrected chi connectivity index (χ4v) is 2.66. The summed E-state index contributed by atoms with van der Waals surface area (Å²) in [7, 11) is 1.49. The van der Waals surface area contributed by atoms with E-state index in [1.54, 1.807) is 0 Å². The highest BCUT2D eigenvalue weighted by Gasteiger charge is 2.63. The number of ether oxygens (including phenoxy) is 1. The maximum atomic E-state index is 12.5. The van der Waals surface area contributed by atoms with E-state index in [0.29, 0.717) is 5.57 Å². The molecule has 3 aliphatic rings. The number of fused-ring (bicyclic) bond motifs is 5. The summed E-state index contributed by atoms with van der Waals surface area (Å²) in [6.07, 6.45) is -1.63. The summed E-state index contributed by atoms with van der Waals surface area (Å²) < 4.78 is 5.40. The van der Waals surface area contributed by atoms with Crippen molar-refractivity contribution in [2.75, 3.05) is 20.3 Å². The molecule has 4 atom stereocenters. The average molecular weight is 315 g/mol. The Morgan fingerprint density at radius 1 is 1.45 bits per heavy atom. The smallest absolute Gasteiger partial charge is 0.278 e. The number of carbonyl (C=O) groups excluding carboxylic acids is 2. The van der Waals surface area contributed by atoms with Crippen LogP contribution in [-0.2, 0) is 14.3 Å². The fraction of sp³-hybridized carbons (Fsp3) is 0.692. The minimum Gasteiger partial charge on any atom is -0.393 e. The minimum absolute atomic E-state index is 0.00542. The predicted octanol–water partition coefficient (Wildman–Crippen LogP) is -3.07. The number of amides is 2. The molecule has 1 unspecified atom stereocenters. The summed E-state index contributed by atoms with van der Waals surface area (Å²) in [5.41, 5.74) is -5.35. The zero-order chi connectivity index (χ0) is 16.8. The first-order chi connectivity index (χ1) is 10.2. The van der Waals surface area contributed by atoms with Gasteiger partial charge in [-0.25, -0.2) is 0 Å².